The molecule has 0 saturated heterocycles. The average molecular weight is 335 g/mol. The number of rotatable bonds is 5. The number of alkyl halides is 3. The summed E-state index contributed by atoms with van der Waals surface area (Å²) in [5.74, 6) is -0.146. The Labute approximate surface area is 139 Å². The number of nitrogens with zero attached hydrogens (tertiary/aromatic N) is 1. The molecular weight excluding hydrogens is 315 g/mol. The van der Waals surface area contributed by atoms with Crippen LogP contribution in [-0.2, 0) is 19.1 Å². The molecule has 1 amide bonds. The molecule has 0 fully saturated rings. The van der Waals surface area contributed by atoms with Crippen LogP contribution in [0.1, 0.15) is 40.4 Å². The highest BCUT2D eigenvalue weighted by Gasteiger charge is 2.30. The average Bonchev–Trinajstić information content (AvgIpc) is 2.54. The lowest BCUT2D eigenvalue weighted by molar-refractivity contribution is -0.137. The van der Waals surface area contributed by atoms with Crippen molar-refractivity contribution in [1.82, 2.24) is 4.90 Å². The fourth-order valence-electron chi connectivity index (χ4n) is 2.51. The van der Waals surface area contributed by atoms with Crippen LogP contribution in [0.2, 0.25) is 0 Å². The maximum atomic E-state index is 12.6. The van der Waals surface area contributed by atoms with Gasteiger partial charge in [-0.25, -0.2) is 0 Å². The maximum Gasteiger partial charge on any atom is 0.416 e. The van der Waals surface area contributed by atoms with Crippen molar-refractivity contribution >= 4 is 5.91 Å². The number of hydrogen-bond acceptors (Lipinski definition) is 1. The van der Waals surface area contributed by atoms with E-state index in [9.17, 15) is 18.0 Å². The maximum absolute atomic E-state index is 12.6. The van der Waals surface area contributed by atoms with Gasteiger partial charge in [-0.15, -0.1) is 0 Å². The predicted octanol–water partition coefficient (Wildman–Crippen LogP) is 4.93. The smallest absolute Gasteiger partial charge is 0.337 e. The molecular formula is C19H20F3NO. The Kier molecular flexibility index (Phi) is 5.65. The van der Waals surface area contributed by atoms with Gasteiger partial charge in [-0.2, -0.15) is 13.2 Å². The van der Waals surface area contributed by atoms with Gasteiger partial charge in [0.05, 0.1) is 5.56 Å². The number of hydrogen-bond donors (Lipinski definition) is 0. The first-order chi connectivity index (χ1) is 11.3. The second-order valence-electron chi connectivity index (χ2n) is 5.81. The number of benzene rings is 2. The molecule has 0 radical (unpaired) electrons. The highest BCUT2D eigenvalue weighted by Crippen LogP contribution is 2.29. The van der Waals surface area contributed by atoms with Crippen molar-refractivity contribution in [3.63, 3.8) is 0 Å². The van der Waals surface area contributed by atoms with Crippen molar-refractivity contribution < 1.29 is 18.0 Å². The second-order valence-corrected chi connectivity index (χ2v) is 5.81. The van der Waals surface area contributed by atoms with Crippen LogP contribution >= 0.6 is 0 Å². The lowest BCUT2D eigenvalue weighted by atomic mass is 10.1. The van der Waals surface area contributed by atoms with Gasteiger partial charge in [0.2, 0.25) is 0 Å². The van der Waals surface area contributed by atoms with Crippen LogP contribution in [0.25, 0.3) is 0 Å². The molecule has 0 spiro atoms. The van der Waals surface area contributed by atoms with E-state index < -0.39 is 11.7 Å². The van der Waals surface area contributed by atoms with E-state index in [0.717, 1.165) is 30.5 Å². The quantitative estimate of drug-likeness (QED) is 0.759. The van der Waals surface area contributed by atoms with Crippen LogP contribution < -0.4 is 0 Å². The van der Waals surface area contributed by atoms with Crippen LogP contribution in [0.4, 0.5) is 13.2 Å². The fourth-order valence-corrected chi connectivity index (χ4v) is 2.51. The molecule has 0 saturated carbocycles. The number of carbonyl (C=O) groups is 1. The van der Waals surface area contributed by atoms with Gasteiger partial charge in [0.15, 0.2) is 0 Å². The molecule has 2 aromatic rings. The van der Waals surface area contributed by atoms with Crippen molar-refractivity contribution in [3.8, 4) is 0 Å². The number of halogens is 3. The zero-order valence-corrected chi connectivity index (χ0v) is 13.7. The van der Waals surface area contributed by atoms with Crippen LogP contribution in [0, 0.1) is 0 Å². The molecule has 0 aromatic heterocycles. The molecule has 0 aliphatic heterocycles. The van der Waals surface area contributed by atoms with E-state index in [1.165, 1.54) is 17.0 Å². The molecule has 0 heterocycles. The van der Waals surface area contributed by atoms with Crippen LogP contribution in [0.15, 0.2) is 48.5 Å². The van der Waals surface area contributed by atoms with Gasteiger partial charge in [0.25, 0.3) is 5.91 Å². The lowest BCUT2D eigenvalue weighted by Gasteiger charge is -2.18. The van der Waals surface area contributed by atoms with Crippen molar-refractivity contribution in [1.29, 1.82) is 0 Å². The molecule has 0 N–H and O–H groups in total. The summed E-state index contributed by atoms with van der Waals surface area (Å²) in [6.45, 7) is 2.33. The molecule has 0 aliphatic rings. The molecule has 2 nitrogen and oxygen atoms in total. The minimum atomic E-state index is -4.35. The number of carbonyl (C=O) groups excluding carboxylic acids is 1. The summed E-state index contributed by atoms with van der Waals surface area (Å²) in [5.41, 5.74) is 1.66. The standard InChI is InChI=1S/C19H20F3NO/c1-3-5-14-6-4-7-16(12-14)18(24)23(2)13-15-8-10-17(11-9-15)19(20,21)22/h4,6-12H,3,5,13H2,1-2H3. The third-order valence-electron chi connectivity index (χ3n) is 3.76. The van der Waals surface area contributed by atoms with Crippen molar-refractivity contribution in [3.05, 3.63) is 70.8 Å². The van der Waals surface area contributed by atoms with Gasteiger partial charge in [0, 0.05) is 19.2 Å². The molecule has 24 heavy (non-hydrogen) atoms. The first kappa shape index (κ1) is 18.0. The fraction of sp³-hybridized carbons (Fsp3) is 0.316. The van der Waals surface area contributed by atoms with E-state index in [1.807, 2.05) is 18.2 Å². The summed E-state index contributed by atoms with van der Waals surface area (Å²) < 4.78 is 37.7. The van der Waals surface area contributed by atoms with E-state index >= 15 is 0 Å². The zero-order valence-electron chi connectivity index (χ0n) is 13.7. The van der Waals surface area contributed by atoms with E-state index in [-0.39, 0.29) is 12.5 Å². The second kappa shape index (κ2) is 7.51. The Morgan fingerprint density at radius 1 is 1.04 bits per heavy atom. The zero-order chi connectivity index (χ0) is 17.7. The Morgan fingerprint density at radius 2 is 1.71 bits per heavy atom. The SMILES string of the molecule is CCCc1cccc(C(=O)N(C)Cc2ccc(C(F)(F)F)cc2)c1. The summed E-state index contributed by atoms with van der Waals surface area (Å²) in [7, 11) is 1.65. The first-order valence-corrected chi connectivity index (χ1v) is 7.82. The van der Waals surface area contributed by atoms with Gasteiger partial charge < -0.3 is 4.90 Å². The normalized spacial score (nSPS) is 11.4. The minimum Gasteiger partial charge on any atom is -0.337 e. The van der Waals surface area contributed by atoms with Gasteiger partial charge in [0.1, 0.15) is 0 Å². The van der Waals surface area contributed by atoms with Gasteiger partial charge in [-0.05, 0) is 41.8 Å². The summed E-state index contributed by atoms with van der Waals surface area (Å²) >= 11 is 0. The topological polar surface area (TPSA) is 20.3 Å². The largest absolute Gasteiger partial charge is 0.416 e. The molecule has 2 aromatic carbocycles. The molecule has 128 valence electrons. The first-order valence-electron chi connectivity index (χ1n) is 7.82. The van der Waals surface area contributed by atoms with Gasteiger partial charge in [-0.3, -0.25) is 4.79 Å². The molecule has 0 unspecified atom stereocenters. The molecule has 0 bridgehead atoms. The highest BCUT2D eigenvalue weighted by molar-refractivity contribution is 5.94. The number of amides is 1. The summed E-state index contributed by atoms with van der Waals surface area (Å²) in [5, 5.41) is 0. The van der Waals surface area contributed by atoms with Crippen molar-refractivity contribution in [2.45, 2.75) is 32.5 Å². The van der Waals surface area contributed by atoms with E-state index in [0.29, 0.717) is 11.1 Å². The minimum absolute atomic E-state index is 0.146. The van der Waals surface area contributed by atoms with Gasteiger partial charge in [-0.1, -0.05) is 37.6 Å². The molecule has 5 heteroatoms. The van der Waals surface area contributed by atoms with Crippen molar-refractivity contribution in [2.24, 2.45) is 0 Å². The Morgan fingerprint density at radius 3 is 2.29 bits per heavy atom. The third-order valence-corrected chi connectivity index (χ3v) is 3.76. The highest BCUT2D eigenvalue weighted by atomic mass is 19.4. The monoisotopic (exact) mass is 335 g/mol. The van der Waals surface area contributed by atoms with Crippen LogP contribution in [0.5, 0.6) is 0 Å². The summed E-state index contributed by atoms with van der Waals surface area (Å²) in [6, 6.07) is 12.3. The number of aryl methyl sites for hydroxylation is 1. The van der Waals surface area contributed by atoms with Crippen LogP contribution in [-0.4, -0.2) is 17.9 Å². The molecule has 0 aliphatic carbocycles. The third kappa shape index (κ3) is 4.60. The Balaban J connectivity index is 2.07. The van der Waals surface area contributed by atoms with Crippen molar-refractivity contribution in [2.75, 3.05) is 7.05 Å². The van der Waals surface area contributed by atoms with E-state index in [4.69, 9.17) is 0 Å². The van der Waals surface area contributed by atoms with Gasteiger partial charge >= 0.3 is 6.18 Å². The molecule has 0 atom stereocenters. The lowest BCUT2D eigenvalue weighted by Crippen LogP contribution is -2.26. The van der Waals surface area contributed by atoms with E-state index in [1.54, 1.807) is 13.1 Å². The predicted molar refractivity (Wildman–Crippen MR) is 87.7 cm³/mol. The van der Waals surface area contributed by atoms with Crippen LogP contribution in [0.3, 0.4) is 0 Å². The van der Waals surface area contributed by atoms with E-state index in [2.05, 4.69) is 6.92 Å². The molecule has 2 rings (SSSR count). The Hall–Kier alpha value is -2.30. The Bertz CT molecular complexity index is 693. The summed E-state index contributed by atoms with van der Waals surface area (Å²) in [4.78, 5) is 14.0. The summed E-state index contributed by atoms with van der Waals surface area (Å²) in [6.07, 6.45) is -2.44.